The summed E-state index contributed by atoms with van der Waals surface area (Å²) in [7, 11) is 8.80. The van der Waals surface area contributed by atoms with Crippen LogP contribution in [0.2, 0.25) is 0 Å². The summed E-state index contributed by atoms with van der Waals surface area (Å²) in [4.78, 5) is 74.7. The molecule has 0 aromatic carbocycles. The molecule has 6 aliphatic rings. The minimum absolute atomic E-state index is 0.00766. The molecular formula is C66H115N5O8. The molecule has 0 radical (unpaired) electrons. The van der Waals surface area contributed by atoms with Gasteiger partial charge in [0, 0.05) is 46.7 Å². The zero-order valence-electron chi connectivity index (χ0n) is 53.7. The van der Waals surface area contributed by atoms with Crippen molar-refractivity contribution in [2.24, 2.45) is 85.8 Å². The molecule has 0 aromatic rings. The predicted molar refractivity (Wildman–Crippen MR) is 317 cm³/mol. The molecule has 79 heavy (non-hydrogen) atoms. The Balaban J connectivity index is 1.09. The number of ether oxygens (including phenoxy) is 3. The maximum Gasteiger partial charge on any atom is 0.302 e. The third-order valence-corrected chi connectivity index (χ3v) is 24.9. The number of likely N-dealkylation sites (tertiary alicyclic amines) is 1. The Morgan fingerprint density at radius 1 is 0.759 bits per heavy atom. The SMILES string of the molecule is C=C(C)[C@@H]1CC[C@]2(COC(C)=O)CC[C@]3(C)C(CCC4[C@@]5(C)CC[C@H](CCNC(=O)[C@H](C)[C@@H](OC)C6CCCN6C(=O)C[C@@H](OC)[C@H]([C@@H](C)CC)N(C)C(=O)[C@@H](NC(=O)[C@H](C(C)C)N(C)C)C(C)C)C(C)(C)[C@]5(C)CC[C@]43C)[C@@H]12. The van der Waals surface area contributed by atoms with Crippen molar-refractivity contribution < 1.29 is 38.2 Å². The van der Waals surface area contributed by atoms with Gasteiger partial charge in [-0.1, -0.05) is 109 Å². The third-order valence-electron chi connectivity index (χ3n) is 24.9. The van der Waals surface area contributed by atoms with Crippen LogP contribution < -0.4 is 10.6 Å². The number of allylic oxidation sites excluding steroid dienone is 1. The second-order valence-electron chi connectivity index (χ2n) is 29.5. The van der Waals surface area contributed by atoms with Gasteiger partial charge in [-0.2, -0.15) is 0 Å². The molecule has 18 atom stereocenters. The second kappa shape index (κ2) is 25.0. The summed E-state index contributed by atoms with van der Waals surface area (Å²) >= 11 is 0. The Hall–Kier alpha value is -3.03. The summed E-state index contributed by atoms with van der Waals surface area (Å²) in [5.74, 6) is 1.40. The number of nitrogens with one attached hydrogen (secondary N) is 2. The minimum Gasteiger partial charge on any atom is -0.465 e. The van der Waals surface area contributed by atoms with Crippen LogP contribution in [0.3, 0.4) is 0 Å². The zero-order chi connectivity index (χ0) is 59.1. The monoisotopic (exact) mass is 1110 g/mol. The number of esters is 1. The first-order valence-electron chi connectivity index (χ1n) is 31.5. The number of hydrogen-bond donors (Lipinski definition) is 2. The highest BCUT2D eigenvalue weighted by atomic mass is 16.5. The van der Waals surface area contributed by atoms with Crippen molar-refractivity contribution in [2.75, 3.05) is 55.1 Å². The van der Waals surface area contributed by atoms with Crippen molar-refractivity contribution in [1.29, 1.82) is 0 Å². The average Bonchev–Trinajstić information content (AvgIpc) is 4.21. The number of amides is 4. The number of hydrogen-bond acceptors (Lipinski definition) is 9. The third kappa shape index (κ3) is 11.7. The van der Waals surface area contributed by atoms with Gasteiger partial charge < -0.3 is 34.6 Å². The maximum absolute atomic E-state index is 14.6. The van der Waals surface area contributed by atoms with Crippen molar-refractivity contribution >= 4 is 29.6 Å². The summed E-state index contributed by atoms with van der Waals surface area (Å²) < 4.78 is 18.3. The van der Waals surface area contributed by atoms with Crippen LogP contribution in [0.5, 0.6) is 0 Å². The van der Waals surface area contributed by atoms with Gasteiger partial charge >= 0.3 is 5.97 Å². The van der Waals surface area contributed by atoms with E-state index >= 15 is 0 Å². The molecule has 2 N–H and O–H groups in total. The van der Waals surface area contributed by atoms with Gasteiger partial charge in [0.05, 0.1) is 49.3 Å². The fraction of sp³-hybridized carbons (Fsp3) is 0.894. The van der Waals surface area contributed by atoms with Gasteiger partial charge in [-0.3, -0.25) is 28.9 Å². The Labute approximate surface area is 480 Å². The maximum atomic E-state index is 14.6. The first kappa shape index (κ1) is 65.1. The quantitative estimate of drug-likeness (QED) is 0.0754. The first-order valence-corrected chi connectivity index (χ1v) is 31.5. The Morgan fingerprint density at radius 3 is 1.99 bits per heavy atom. The van der Waals surface area contributed by atoms with E-state index in [-0.39, 0.29) is 92.3 Å². The van der Waals surface area contributed by atoms with Crippen molar-refractivity contribution in [3.8, 4) is 0 Å². The molecule has 1 heterocycles. The van der Waals surface area contributed by atoms with Gasteiger partial charge in [0.1, 0.15) is 6.04 Å². The molecular weight excluding hydrogens is 991 g/mol. The van der Waals surface area contributed by atoms with Crippen LogP contribution in [-0.2, 0) is 38.2 Å². The normalized spacial score (nSPS) is 35.7. The van der Waals surface area contributed by atoms with Gasteiger partial charge in [0.25, 0.3) is 0 Å². The van der Waals surface area contributed by atoms with E-state index in [0.717, 1.165) is 51.4 Å². The molecule has 1 saturated heterocycles. The van der Waals surface area contributed by atoms with E-state index in [0.29, 0.717) is 49.3 Å². The zero-order valence-corrected chi connectivity index (χ0v) is 53.7. The second-order valence-corrected chi connectivity index (χ2v) is 29.5. The largest absolute Gasteiger partial charge is 0.465 e. The van der Waals surface area contributed by atoms with E-state index in [4.69, 9.17) is 14.2 Å². The lowest BCUT2D eigenvalue weighted by molar-refractivity contribution is -0.275. The summed E-state index contributed by atoms with van der Waals surface area (Å²) in [6, 6.07) is -1.86. The number of carbonyl (C=O) groups excluding carboxylic acids is 5. The fourth-order valence-electron chi connectivity index (χ4n) is 19.5. The Morgan fingerprint density at radius 2 is 1.42 bits per heavy atom. The lowest BCUT2D eigenvalue weighted by Crippen LogP contribution is -2.69. The fourth-order valence-corrected chi connectivity index (χ4v) is 19.5. The van der Waals surface area contributed by atoms with Crippen molar-refractivity contribution in [1.82, 2.24) is 25.3 Å². The topological polar surface area (TPSA) is 147 Å². The van der Waals surface area contributed by atoms with Gasteiger partial charge in [0.2, 0.25) is 23.6 Å². The van der Waals surface area contributed by atoms with Crippen LogP contribution in [0, 0.1) is 85.8 Å². The van der Waals surface area contributed by atoms with Crippen molar-refractivity contribution in [3.63, 3.8) is 0 Å². The van der Waals surface area contributed by atoms with E-state index < -0.39 is 36.3 Å². The van der Waals surface area contributed by atoms with E-state index in [1.165, 1.54) is 44.1 Å². The first-order chi connectivity index (χ1) is 36.8. The molecule has 4 amide bonds. The Bertz CT molecular complexity index is 2170. The van der Waals surface area contributed by atoms with E-state index in [2.05, 4.69) is 79.5 Å². The molecule has 0 bridgehead atoms. The van der Waals surface area contributed by atoms with Gasteiger partial charge in [-0.05, 0) is 179 Å². The van der Waals surface area contributed by atoms with Crippen LogP contribution in [-0.4, -0.2) is 136 Å². The Kier molecular flexibility index (Phi) is 20.7. The summed E-state index contributed by atoms with van der Waals surface area (Å²) in [5.41, 5.74) is 2.16. The van der Waals surface area contributed by atoms with Crippen LogP contribution in [0.4, 0.5) is 0 Å². The van der Waals surface area contributed by atoms with Crippen molar-refractivity contribution in [2.45, 2.75) is 237 Å². The standard InChI is InChI=1S/C66H115N5O8/c1-22-43(8)56(70(19)60(76)54(41(4)5)68-59(75)55(42(6)7)69(17)18)50(77-20)38-52(73)71-37-23-24-49(71)57(78-21)44(9)58(74)67-36-29-46-27-30-64(15)51-26-25-48-53-47(40(2)3)28-31-66(53,39-79-45(10)72)35-33-62(48,13)63(51,14)32-34-65(64,16)61(46,11)12/h41-44,46-51,53-57H,2,22-39H2,1,3-21H3,(H,67,74)(H,68,75)/t43-,44+,46+,47-,48?,49?,50+,51?,53+,54-,55-,56-,57+,62+,63+,64+,65-,66+/m0/s1. The number of fused-ring (bicyclic) bond motifs is 7. The summed E-state index contributed by atoms with van der Waals surface area (Å²) in [6.07, 6.45) is 14.1. The minimum atomic E-state index is -0.753. The molecule has 5 aliphatic carbocycles. The van der Waals surface area contributed by atoms with E-state index in [1.807, 2.05) is 58.5 Å². The molecule has 6 fully saturated rings. The summed E-state index contributed by atoms with van der Waals surface area (Å²) in [5, 5.41) is 6.47. The molecule has 0 spiro atoms. The number of carbonyl (C=O) groups is 5. The number of rotatable bonds is 23. The molecule has 13 nitrogen and oxygen atoms in total. The highest BCUT2D eigenvalue weighted by Gasteiger charge is 2.73. The highest BCUT2D eigenvalue weighted by molar-refractivity contribution is 5.90. The van der Waals surface area contributed by atoms with Crippen molar-refractivity contribution in [3.05, 3.63) is 12.2 Å². The molecule has 13 heteroatoms. The van der Waals surface area contributed by atoms with E-state index in [1.54, 1.807) is 33.1 Å². The summed E-state index contributed by atoms with van der Waals surface area (Å²) in [6.45, 7) is 39.9. The number of nitrogens with zero attached hydrogens (tertiary/aromatic N) is 3. The number of methoxy groups -OCH3 is 2. The molecule has 3 unspecified atom stereocenters. The van der Waals surface area contributed by atoms with Crippen LogP contribution in [0.25, 0.3) is 0 Å². The molecule has 6 rings (SSSR count). The van der Waals surface area contributed by atoms with Crippen LogP contribution in [0.15, 0.2) is 12.2 Å². The molecule has 5 saturated carbocycles. The lowest BCUT2D eigenvalue weighted by atomic mass is 9.28. The van der Waals surface area contributed by atoms with Crippen LogP contribution >= 0.6 is 0 Å². The average molecular weight is 1110 g/mol. The molecule has 452 valence electrons. The van der Waals surface area contributed by atoms with Crippen LogP contribution in [0.1, 0.15) is 200 Å². The molecule has 1 aliphatic heterocycles. The number of likely N-dealkylation sites (N-methyl/N-ethyl adjacent to an activating group) is 2. The highest BCUT2D eigenvalue weighted by Crippen LogP contribution is 2.80. The lowest BCUT2D eigenvalue weighted by Gasteiger charge is -2.76. The van der Waals surface area contributed by atoms with E-state index in [9.17, 15) is 24.0 Å². The smallest absolute Gasteiger partial charge is 0.302 e. The van der Waals surface area contributed by atoms with Gasteiger partial charge in [0.15, 0.2) is 0 Å². The van der Waals surface area contributed by atoms with Gasteiger partial charge in [-0.25, -0.2) is 0 Å². The van der Waals surface area contributed by atoms with Gasteiger partial charge in [-0.15, -0.1) is 0 Å². The predicted octanol–water partition coefficient (Wildman–Crippen LogP) is 11.4. The molecule has 0 aromatic heterocycles.